The molecule has 1 fully saturated rings. The lowest BCUT2D eigenvalue weighted by molar-refractivity contribution is -0.117. The van der Waals surface area contributed by atoms with Crippen LogP contribution in [0.2, 0.25) is 0 Å². The predicted octanol–water partition coefficient (Wildman–Crippen LogP) is 1.41. The van der Waals surface area contributed by atoms with Gasteiger partial charge >= 0.3 is 0 Å². The van der Waals surface area contributed by atoms with Gasteiger partial charge in [0.2, 0.25) is 11.8 Å². The second-order valence-electron chi connectivity index (χ2n) is 6.97. The van der Waals surface area contributed by atoms with Crippen LogP contribution in [0.25, 0.3) is 0 Å². The van der Waals surface area contributed by atoms with Crippen molar-refractivity contribution in [1.82, 2.24) is 19.8 Å². The maximum Gasteiger partial charge on any atom is 0.240 e. The van der Waals surface area contributed by atoms with Crippen LogP contribution in [0.1, 0.15) is 37.1 Å². The Kier molecular flexibility index (Phi) is 5.19. The number of aromatic nitrogens is 3. The Morgan fingerprint density at radius 1 is 1.48 bits per heavy atom. The summed E-state index contributed by atoms with van der Waals surface area (Å²) in [5, 5.41) is 20.6. The van der Waals surface area contributed by atoms with Crippen LogP contribution in [0, 0.1) is 12.8 Å². The normalized spacial score (nSPS) is 21.2. The number of amides is 1. The van der Waals surface area contributed by atoms with Crippen LogP contribution in [-0.2, 0) is 4.79 Å². The number of likely N-dealkylation sites (tertiary alicyclic amines) is 1. The number of aryl methyl sites for hydroxylation is 1. The van der Waals surface area contributed by atoms with Gasteiger partial charge in [-0.15, -0.1) is 0 Å². The van der Waals surface area contributed by atoms with Gasteiger partial charge < -0.3 is 9.63 Å². The van der Waals surface area contributed by atoms with Gasteiger partial charge in [-0.3, -0.25) is 19.7 Å². The third kappa shape index (κ3) is 4.08. The van der Waals surface area contributed by atoms with Gasteiger partial charge in [0.25, 0.3) is 0 Å². The van der Waals surface area contributed by atoms with E-state index < -0.39 is 0 Å². The van der Waals surface area contributed by atoms with Gasteiger partial charge in [0.05, 0.1) is 18.4 Å². The van der Waals surface area contributed by atoms with Crippen molar-refractivity contribution in [3.8, 4) is 0 Å². The van der Waals surface area contributed by atoms with Gasteiger partial charge in [0, 0.05) is 49.8 Å². The van der Waals surface area contributed by atoms with E-state index in [1.165, 1.54) is 0 Å². The molecule has 1 saturated heterocycles. The molecule has 8 nitrogen and oxygen atoms in total. The van der Waals surface area contributed by atoms with E-state index >= 15 is 0 Å². The Hall–Kier alpha value is -2.19. The molecule has 1 amide bonds. The fourth-order valence-corrected chi connectivity index (χ4v) is 3.28. The van der Waals surface area contributed by atoms with E-state index in [0.717, 1.165) is 17.8 Å². The Balaban J connectivity index is 1.61. The minimum atomic E-state index is -0.147. The number of nitrogens with one attached hydrogen (secondary N) is 1. The highest BCUT2D eigenvalue weighted by molar-refractivity contribution is 5.91. The summed E-state index contributed by atoms with van der Waals surface area (Å²) < 4.78 is 6.93. The molecule has 0 unspecified atom stereocenters. The number of rotatable bonds is 6. The molecule has 2 aromatic rings. The van der Waals surface area contributed by atoms with Gasteiger partial charge in [-0.25, -0.2) is 0 Å². The van der Waals surface area contributed by atoms with Crippen LogP contribution in [0.5, 0.6) is 0 Å². The second kappa shape index (κ2) is 7.37. The van der Waals surface area contributed by atoms with Gasteiger partial charge in [-0.2, -0.15) is 5.10 Å². The summed E-state index contributed by atoms with van der Waals surface area (Å²) in [6, 6.07) is 1.98. The zero-order chi connectivity index (χ0) is 18.0. The lowest BCUT2D eigenvalue weighted by Crippen LogP contribution is -2.31. The van der Waals surface area contributed by atoms with Crippen molar-refractivity contribution in [2.24, 2.45) is 5.92 Å². The third-order valence-electron chi connectivity index (χ3n) is 4.59. The first-order chi connectivity index (χ1) is 12.0. The van der Waals surface area contributed by atoms with Crippen molar-refractivity contribution in [3.05, 3.63) is 29.7 Å². The molecular formula is C17H25N5O3. The van der Waals surface area contributed by atoms with Gasteiger partial charge in [-0.05, 0) is 26.3 Å². The number of carbonyl (C=O) groups excluding carboxylic acids is 1. The summed E-state index contributed by atoms with van der Waals surface area (Å²) in [4.78, 5) is 14.2. The number of anilines is 1. The molecule has 8 heteroatoms. The first-order valence-electron chi connectivity index (χ1n) is 8.56. The Morgan fingerprint density at radius 3 is 2.88 bits per heavy atom. The van der Waals surface area contributed by atoms with Crippen molar-refractivity contribution in [2.45, 2.75) is 32.7 Å². The molecule has 1 aliphatic rings. The van der Waals surface area contributed by atoms with Crippen LogP contribution in [0.15, 0.2) is 23.0 Å². The zero-order valence-electron chi connectivity index (χ0n) is 14.8. The van der Waals surface area contributed by atoms with Crippen LogP contribution < -0.4 is 5.32 Å². The highest BCUT2D eigenvalue weighted by Gasteiger charge is 2.35. The first kappa shape index (κ1) is 17.6. The number of hydrogen-bond acceptors (Lipinski definition) is 6. The lowest BCUT2D eigenvalue weighted by Gasteiger charge is -2.14. The molecule has 1 aliphatic heterocycles. The molecule has 3 rings (SSSR count). The molecule has 25 heavy (non-hydrogen) atoms. The molecule has 3 heterocycles. The lowest BCUT2D eigenvalue weighted by atomic mass is 9.92. The van der Waals surface area contributed by atoms with Gasteiger partial charge in [0.15, 0.2) is 0 Å². The SMILES string of the molecule is Cc1cc(NC(=O)CN2C[C@@H](CO)[C@H](c3cnn(C(C)C)c3)C2)on1. The summed E-state index contributed by atoms with van der Waals surface area (Å²) in [6.45, 7) is 7.71. The van der Waals surface area contributed by atoms with E-state index in [1.54, 1.807) is 13.0 Å². The van der Waals surface area contributed by atoms with E-state index in [-0.39, 0.29) is 30.9 Å². The van der Waals surface area contributed by atoms with E-state index in [2.05, 4.69) is 34.3 Å². The van der Waals surface area contributed by atoms with Crippen molar-refractivity contribution in [3.63, 3.8) is 0 Å². The van der Waals surface area contributed by atoms with Crippen molar-refractivity contribution in [1.29, 1.82) is 0 Å². The first-order valence-corrected chi connectivity index (χ1v) is 8.56. The summed E-state index contributed by atoms with van der Waals surface area (Å²) in [5.74, 6) is 0.490. The molecule has 2 N–H and O–H groups in total. The van der Waals surface area contributed by atoms with Gasteiger partial charge in [-0.1, -0.05) is 5.16 Å². The fraction of sp³-hybridized carbons (Fsp3) is 0.588. The van der Waals surface area contributed by atoms with Crippen LogP contribution in [-0.4, -0.2) is 57.1 Å². The summed E-state index contributed by atoms with van der Waals surface area (Å²) in [5.41, 5.74) is 1.83. The van der Waals surface area contributed by atoms with E-state index in [1.807, 2.05) is 17.1 Å². The molecule has 0 radical (unpaired) electrons. The average Bonchev–Trinajstić information content (AvgIpc) is 3.26. The topological polar surface area (TPSA) is 96.4 Å². The fourth-order valence-electron chi connectivity index (χ4n) is 3.28. The van der Waals surface area contributed by atoms with Crippen molar-refractivity contribution >= 4 is 11.8 Å². The van der Waals surface area contributed by atoms with E-state index in [4.69, 9.17) is 4.52 Å². The Bertz CT molecular complexity index is 723. The number of nitrogens with zero attached hydrogens (tertiary/aromatic N) is 4. The maximum atomic E-state index is 12.2. The number of hydrogen-bond donors (Lipinski definition) is 2. The zero-order valence-corrected chi connectivity index (χ0v) is 14.8. The van der Waals surface area contributed by atoms with Crippen molar-refractivity contribution in [2.75, 3.05) is 31.6 Å². The Morgan fingerprint density at radius 2 is 2.28 bits per heavy atom. The third-order valence-corrected chi connectivity index (χ3v) is 4.59. The van der Waals surface area contributed by atoms with Gasteiger partial charge in [0.1, 0.15) is 0 Å². The molecule has 0 bridgehead atoms. The number of aliphatic hydroxyl groups excluding tert-OH is 1. The molecule has 0 aliphatic carbocycles. The summed E-state index contributed by atoms with van der Waals surface area (Å²) in [7, 11) is 0. The second-order valence-corrected chi connectivity index (χ2v) is 6.97. The van der Waals surface area contributed by atoms with Crippen LogP contribution in [0.4, 0.5) is 5.88 Å². The molecule has 0 saturated carbocycles. The molecule has 136 valence electrons. The largest absolute Gasteiger partial charge is 0.396 e. The van der Waals surface area contributed by atoms with Crippen LogP contribution >= 0.6 is 0 Å². The monoisotopic (exact) mass is 347 g/mol. The minimum Gasteiger partial charge on any atom is -0.396 e. The molecular weight excluding hydrogens is 322 g/mol. The number of aliphatic hydroxyl groups is 1. The molecule has 0 aromatic carbocycles. The summed E-state index contributed by atoms with van der Waals surface area (Å²) in [6.07, 6.45) is 3.91. The maximum absolute atomic E-state index is 12.2. The van der Waals surface area contributed by atoms with Crippen LogP contribution in [0.3, 0.4) is 0 Å². The number of carbonyl (C=O) groups is 1. The quantitative estimate of drug-likeness (QED) is 0.820. The highest BCUT2D eigenvalue weighted by Crippen LogP contribution is 2.32. The average molecular weight is 347 g/mol. The smallest absolute Gasteiger partial charge is 0.240 e. The highest BCUT2D eigenvalue weighted by atomic mass is 16.5. The van der Waals surface area contributed by atoms with Crippen molar-refractivity contribution < 1.29 is 14.4 Å². The minimum absolute atomic E-state index is 0.0942. The standard InChI is InChI=1S/C17H25N5O3/c1-11(2)22-7-13(5-18-22)15-8-21(6-14(15)10-23)9-16(24)19-17-4-12(3)20-25-17/h4-5,7,11,14-15,23H,6,8-10H2,1-3H3,(H,19,24)/t14-,15-/m0/s1. The van der Waals surface area contributed by atoms with E-state index in [0.29, 0.717) is 18.5 Å². The van der Waals surface area contributed by atoms with E-state index in [9.17, 15) is 9.90 Å². The predicted molar refractivity (Wildman–Crippen MR) is 92.2 cm³/mol. The summed E-state index contributed by atoms with van der Waals surface area (Å²) >= 11 is 0. The molecule has 2 aromatic heterocycles. The molecule has 0 spiro atoms. The Labute approximate surface area is 146 Å². The molecule has 2 atom stereocenters.